The number of nitrogens with zero attached hydrogens (tertiary/aromatic N) is 2. The highest BCUT2D eigenvalue weighted by molar-refractivity contribution is 5.59. The maximum atomic E-state index is 12.6. The first-order valence-corrected chi connectivity index (χ1v) is 7.45. The number of nitrogens with one attached hydrogen (secondary N) is 2. The lowest BCUT2D eigenvalue weighted by Crippen LogP contribution is -2.48. The molecular formula is C16H17F3N4. The van der Waals surface area contributed by atoms with Gasteiger partial charge in [-0.1, -0.05) is 0 Å². The van der Waals surface area contributed by atoms with Crippen LogP contribution in [-0.4, -0.2) is 29.1 Å². The van der Waals surface area contributed by atoms with Gasteiger partial charge in [-0.25, -0.2) is 0 Å². The number of aromatic nitrogens is 2. The van der Waals surface area contributed by atoms with Crippen LogP contribution < -0.4 is 10.6 Å². The van der Waals surface area contributed by atoms with E-state index in [0.717, 1.165) is 36.6 Å². The summed E-state index contributed by atoms with van der Waals surface area (Å²) in [5, 5.41) is 6.62. The highest BCUT2D eigenvalue weighted by Crippen LogP contribution is 2.29. The van der Waals surface area contributed by atoms with Crippen LogP contribution in [-0.2, 0) is 12.7 Å². The molecule has 3 rings (SSSR count). The minimum atomic E-state index is -4.37. The predicted molar refractivity (Wildman–Crippen MR) is 80.6 cm³/mol. The molecule has 0 aromatic carbocycles. The van der Waals surface area contributed by atoms with Gasteiger partial charge >= 0.3 is 6.18 Å². The van der Waals surface area contributed by atoms with Crippen molar-refractivity contribution in [1.82, 2.24) is 20.6 Å². The fraction of sp³-hybridized carbons (Fsp3) is 0.375. The number of pyridine rings is 2. The summed E-state index contributed by atoms with van der Waals surface area (Å²) in [5.41, 5.74) is 1.35. The third-order valence-electron chi connectivity index (χ3n) is 3.83. The molecule has 0 aliphatic carbocycles. The van der Waals surface area contributed by atoms with Crippen molar-refractivity contribution in [1.29, 1.82) is 0 Å². The maximum absolute atomic E-state index is 12.6. The number of hydrogen-bond acceptors (Lipinski definition) is 4. The molecule has 1 fully saturated rings. The highest BCUT2D eigenvalue weighted by Gasteiger charge is 2.30. The van der Waals surface area contributed by atoms with Crippen molar-refractivity contribution in [3.05, 3.63) is 47.9 Å². The molecule has 3 heterocycles. The van der Waals surface area contributed by atoms with Crippen molar-refractivity contribution in [3.8, 4) is 11.3 Å². The molecule has 1 unspecified atom stereocenters. The van der Waals surface area contributed by atoms with Crippen molar-refractivity contribution < 1.29 is 13.2 Å². The van der Waals surface area contributed by atoms with E-state index in [2.05, 4.69) is 20.6 Å². The monoisotopic (exact) mass is 322 g/mol. The van der Waals surface area contributed by atoms with Crippen LogP contribution in [0.4, 0.5) is 13.2 Å². The Morgan fingerprint density at radius 1 is 1.22 bits per heavy atom. The van der Waals surface area contributed by atoms with Crippen molar-refractivity contribution in [3.63, 3.8) is 0 Å². The Labute approximate surface area is 132 Å². The van der Waals surface area contributed by atoms with Crippen LogP contribution >= 0.6 is 0 Å². The quantitative estimate of drug-likeness (QED) is 0.888. The van der Waals surface area contributed by atoms with Crippen molar-refractivity contribution in [2.24, 2.45) is 0 Å². The van der Waals surface area contributed by atoms with E-state index in [0.29, 0.717) is 18.3 Å². The molecule has 1 aliphatic rings. The summed E-state index contributed by atoms with van der Waals surface area (Å²) in [6.45, 7) is 2.57. The van der Waals surface area contributed by atoms with Crippen LogP contribution in [0, 0.1) is 0 Å². The van der Waals surface area contributed by atoms with Crippen molar-refractivity contribution >= 4 is 0 Å². The summed E-state index contributed by atoms with van der Waals surface area (Å²) in [6.07, 6.45) is -0.687. The maximum Gasteiger partial charge on any atom is 0.417 e. The van der Waals surface area contributed by atoms with E-state index in [1.807, 2.05) is 6.07 Å². The van der Waals surface area contributed by atoms with E-state index in [1.54, 1.807) is 12.3 Å². The van der Waals surface area contributed by atoms with Crippen molar-refractivity contribution in [2.45, 2.75) is 25.2 Å². The number of rotatable bonds is 5. The fourth-order valence-corrected chi connectivity index (χ4v) is 2.36. The molecule has 0 amide bonds. The van der Waals surface area contributed by atoms with Gasteiger partial charge in [0.15, 0.2) is 0 Å². The molecule has 1 atom stereocenters. The second-order valence-electron chi connectivity index (χ2n) is 5.54. The van der Waals surface area contributed by atoms with Gasteiger partial charge in [0, 0.05) is 37.1 Å². The molecule has 2 N–H and O–H groups in total. The molecule has 2 aromatic rings. The van der Waals surface area contributed by atoms with E-state index in [1.165, 1.54) is 12.5 Å². The minimum absolute atomic E-state index is 0.502. The molecule has 122 valence electrons. The van der Waals surface area contributed by atoms with Gasteiger partial charge in [0.25, 0.3) is 0 Å². The van der Waals surface area contributed by atoms with Gasteiger partial charge in [0.05, 0.1) is 17.0 Å². The molecule has 1 aliphatic heterocycles. The zero-order chi connectivity index (χ0) is 16.3. The summed E-state index contributed by atoms with van der Waals surface area (Å²) >= 11 is 0. The average molecular weight is 322 g/mol. The molecule has 0 radical (unpaired) electrons. The second-order valence-corrected chi connectivity index (χ2v) is 5.54. The van der Waals surface area contributed by atoms with Gasteiger partial charge in [-0.2, -0.15) is 13.2 Å². The molecule has 2 aromatic heterocycles. The molecule has 0 bridgehead atoms. The van der Waals surface area contributed by atoms with Crippen LogP contribution in [0.3, 0.4) is 0 Å². The zero-order valence-corrected chi connectivity index (χ0v) is 12.4. The summed E-state index contributed by atoms with van der Waals surface area (Å²) in [5.74, 6) is 0. The Hall–Kier alpha value is -1.99. The van der Waals surface area contributed by atoms with Gasteiger partial charge in [-0.3, -0.25) is 9.97 Å². The van der Waals surface area contributed by atoms with Gasteiger partial charge in [0.2, 0.25) is 0 Å². The molecule has 0 spiro atoms. The topological polar surface area (TPSA) is 49.8 Å². The lowest BCUT2D eigenvalue weighted by Gasteiger charge is -2.27. The van der Waals surface area contributed by atoms with Crippen LogP contribution in [0.25, 0.3) is 11.3 Å². The van der Waals surface area contributed by atoms with E-state index in [4.69, 9.17) is 0 Å². The standard InChI is InChI=1S/C16H17F3N4/c17-16(18,19)12-1-2-15(23-8-12)11-3-5-22-14(7-11)10-20-9-13-4-6-21-13/h1-3,5,7-8,13,20-21H,4,6,9-10H2. The summed E-state index contributed by atoms with van der Waals surface area (Å²) < 4.78 is 37.7. The summed E-state index contributed by atoms with van der Waals surface area (Å²) in [4.78, 5) is 8.18. The lowest BCUT2D eigenvalue weighted by molar-refractivity contribution is -0.137. The van der Waals surface area contributed by atoms with E-state index < -0.39 is 11.7 Å². The van der Waals surface area contributed by atoms with E-state index >= 15 is 0 Å². The van der Waals surface area contributed by atoms with Crippen LogP contribution in [0.2, 0.25) is 0 Å². The fourth-order valence-electron chi connectivity index (χ4n) is 2.36. The largest absolute Gasteiger partial charge is 0.417 e. The SMILES string of the molecule is FC(F)(F)c1ccc(-c2ccnc(CNCC3CCN3)c2)nc1. The molecule has 7 heteroatoms. The minimum Gasteiger partial charge on any atom is -0.313 e. The Morgan fingerprint density at radius 3 is 2.65 bits per heavy atom. The lowest BCUT2D eigenvalue weighted by atomic mass is 10.1. The third kappa shape index (κ3) is 4.05. The first-order chi connectivity index (χ1) is 11.0. The van der Waals surface area contributed by atoms with E-state index in [-0.39, 0.29) is 0 Å². The summed E-state index contributed by atoms with van der Waals surface area (Å²) in [7, 11) is 0. The van der Waals surface area contributed by atoms with Gasteiger partial charge in [0.1, 0.15) is 0 Å². The van der Waals surface area contributed by atoms with Gasteiger partial charge in [-0.05, 0) is 37.2 Å². The molecular weight excluding hydrogens is 305 g/mol. The molecule has 1 saturated heterocycles. The third-order valence-corrected chi connectivity index (χ3v) is 3.83. The average Bonchev–Trinajstić information content (AvgIpc) is 2.49. The molecule has 23 heavy (non-hydrogen) atoms. The Kier molecular flexibility index (Phi) is 4.58. The number of halogens is 3. The van der Waals surface area contributed by atoms with Crippen LogP contribution in [0.5, 0.6) is 0 Å². The molecule has 0 saturated carbocycles. The van der Waals surface area contributed by atoms with Gasteiger partial charge in [-0.15, -0.1) is 0 Å². The Balaban J connectivity index is 1.66. The predicted octanol–water partition coefficient (Wildman–Crippen LogP) is 2.61. The zero-order valence-electron chi connectivity index (χ0n) is 12.4. The summed E-state index contributed by atoms with van der Waals surface area (Å²) in [6, 6.07) is 6.54. The van der Waals surface area contributed by atoms with Crippen LogP contribution in [0.15, 0.2) is 36.7 Å². The first kappa shape index (κ1) is 15.9. The Morgan fingerprint density at radius 2 is 2.04 bits per heavy atom. The number of alkyl halides is 3. The van der Waals surface area contributed by atoms with Gasteiger partial charge < -0.3 is 10.6 Å². The highest BCUT2D eigenvalue weighted by atomic mass is 19.4. The smallest absolute Gasteiger partial charge is 0.313 e. The first-order valence-electron chi connectivity index (χ1n) is 7.45. The van der Waals surface area contributed by atoms with Crippen molar-refractivity contribution in [2.75, 3.05) is 13.1 Å². The molecule has 4 nitrogen and oxygen atoms in total. The number of hydrogen-bond donors (Lipinski definition) is 2. The van der Waals surface area contributed by atoms with Crippen LogP contribution in [0.1, 0.15) is 17.7 Å². The van der Waals surface area contributed by atoms with E-state index in [9.17, 15) is 13.2 Å². The normalized spacial score (nSPS) is 17.8. The Bertz CT molecular complexity index is 651. The second kappa shape index (κ2) is 6.64.